The van der Waals surface area contributed by atoms with Gasteiger partial charge in [0.25, 0.3) is 0 Å². The summed E-state index contributed by atoms with van der Waals surface area (Å²) in [4.78, 5) is 15.3. The van der Waals surface area contributed by atoms with E-state index in [-0.39, 0.29) is 11.2 Å². The van der Waals surface area contributed by atoms with E-state index in [9.17, 15) is 4.79 Å². The van der Waals surface area contributed by atoms with Gasteiger partial charge in [-0.15, -0.1) is 0 Å². The number of carbonyl (C=O) groups excluding carboxylic acids is 1. The molecule has 0 aliphatic carbocycles. The molecule has 5 nitrogen and oxygen atoms in total. The molecular formula is C15H25BrN4O. The molecule has 0 radical (unpaired) electrons. The van der Waals surface area contributed by atoms with Gasteiger partial charge in [0.05, 0.1) is 17.2 Å². The van der Waals surface area contributed by atoms with Crippen LogP contribution < -0.4 is 5.32 Å². The van der Waals surface area contributed by atoms with E-state index in [1.54, 1.807) is 6.20 Å². The molecule has 1 aliphatic rings. The maximum atomic E-state index is 13.2. The van der Waals surface area contributed by atoms with Gasteiger partial charge in [0.1, 0.15) is 5.69 Å². The van der Waals surface area contributed by atoms with Gasteiger partial charge in [-0.2, -0.15) is 5.10 Å². The molecule has 2 heterocycles. The molecule has 118 valence electrons. The predicted octanol–water partition coefficient (Wildman–Crippen LogP) is 2.17. The van der Waals surface area contributed by atoms with Crippen LogP contribution in [0.3, 0.4) is 0 Å². The quantitative estimate of drug-likeness (QED) is 0.760. The first kappa shape index (κ1) is 16.6. The number of nitrogens with zero attached hydrogens (tertiary/aromatic N) is 3. The lowest BCUT2D eigenvalue weighted by atomic mass is 9.77. The van der Waals surface area contributed by atoms with Gasteiger partial charge in [-0.3, -0.25) is 9.48 Å². The van der Waals surface area contributed by atoms with Gasteiger partial charge < -0.3 is 10.2 Å². The van der Waals surface area contributed by atoms with Crippen LogP contribution in [0.1, 0.15) is 36.7 Å². The van der Waals surface area contributed by atoms with Crippen molar-refractivity contribution in [1.29, 1.82) is 0 Å². The summed E-state index contributed by atoms with van der Waals surface area (Å²) < 4.78 is 2.66. The van der Waals surface area contributed by atoms with Crippen LogP contribution in [-0.4, -0.2) is 54.2 Å². The molecule has 1 aromatic rings. The summed E-state index contributed by atoms with van der Waals surface area (Å²) in [6.07, 6.45) is 4.62. The molecule has 1 saturated heterocycles. The van der Waals surface area contributed by atoms with Crippen molar-refractivity contribution in [2.24, 2.45) is 5.41 Å². The third-order valence-corrected chi connectivity index (χ3v) is 4.80. The minimum absolute atomic E-state index is 0.234. The number of nitrogens with one attached hydrogen (secondary N) is 1. The number of carbonyl (C=O) groups is 1. The number of rotatable bonds is 7. The Kier molecular flexibility index (Phi) is 5.57. The Morgan fingerprint density at radius 1 is 1.57 bits per heavy atom. The minimum Gasteiger partial charge on any atom is -0.316 e. The second-order valence-corrected chi connectivity index (χ2v) is 7.01. The third kappa shape index (κ3) is 3.55. The van der Waals surface area contributed by atoms with Gasteiger partial charge in [-0.25, -0.2) is 0 Å². The first-order valence-electron chi connectivity index (χ1n) is 7.62. The molecular weight excluding hydrogens is 332 g/mol. The van der Waals surface area contributed by atoms with Gasteiger partial charge in [-0.05, 0) is 49.4 Å². The Morgan fingerprint density at radius 2 is 2.33 bits per heavy atom. The zero-order valence-corrected chi connectivity index (χ0v) is 14.7. The van der Waals surface area contributed by atoms with Crippen molar-refractivity contribution in [2.45, 2.75) is 32.7 Å². The lowest BCUT2D eigenvalue weighted by Gasteiger charge is -2.26. The van der Waals surface area contributed by atoms with E-state index in [2.05, 4.69) is 38.2 Å². The zero-order chi connectivity index (χ0) is 15.5. The van der Waals surface area contributed by atoms with Crippen molar-refractivity contribution in [3.8, 4) is 0 Å². The number of Topliss-reactive ketones (excluding diaryl/α,β-unsaturated/α-hetero) is 1. The molecule has 0 bridgehead atoms. The van der Waals surface area contributed by atoms with Crippen molar-refractivity contribution in [1.82, 2.24) is 20.0 Å². The molecule has 1 N–H and O–H groups in total. The summed E-state index contributed by atoms with van der Waals surface area (Å²) in [5.74, 6) is 0.234. The molecule has 2 rings (SSSR count). The Balaban J connectivity index is 2.27. The van der Waals surface area contributed by atoms with E-state index < -0.39 is 0 Å². The summed E-state index contributed by atoms with van der Waals surface area (Å²) >= 11 is 3.51. The SMILES string of the molecule is CCCC1(C(=O)c2c(Br)cnn2CCN(C)C)CCNC1. The van der Waals surface area contributed by atoms with Crippen LogP contribution in [0.15, 0.2) is 10.7 Å². The number of halogens is 1. The van der Waals surface area contributed by atoms with Gasteiger partial charge in [0.2, 0.25) is 0 Å². The molecule has 1 unspecified atom stereocenters. The molecule has 21 heavy (non-hydrogen) atoms. The van der Waals surface area contributed by atoms with Crippen LogP contribution in [0.2, 0.25) is 0 Å². The summed E-state index contributed by atoms with van der Waals surface area (Å²) in [5.41, 5.74) is 0.474. The highest BCUT2D eigenvalue weighted by atomic mass is 79.9. The monoisotopic (exact) mass is 356 g/mol. The molecule has 1 atom stereocenters. The Hall–Kier alpha value is -0.720. The van der Waals surface area contributed by atoms with E-state index in [0.29, 0.717) is 0 Å². The van der Waals surface area contributed by atoms with E-state index >= 15 is 0 Å². The molecule has 0 saturated carbocycles. The number of hydrogen-bond acceptors (Lipinski definition) is 4. The summed E-state index contributed by atoms with van der Waals surface area (Å²) in [6, 6.07) is 0. The minimum atomic E-state index is -0.257. The second-order valence-electron chi connectivity index (χ2n) is 6.15. The predicted molar refractivity (Wildman–Crippen MR) is 87.6 cm³/mol. The molecule has 0 amide bonds. The van der Waals surface area contributed by atoms with Gasteiger partial charge in [-0.1, -0.05) is 13.3 Å². The lowest BCUT2D eigenvalue weighted by molar-refractivity contribution is 0.0788. The van der Waals surface area contributed by atoms with Crippen molar-refractivity contribution in [3.63, 3.8) is 0 Å². The molecule has 0 spiro atoms. The van der Waals surface area contributed by atoms with Crippen molar-refractivity contribution in [2.75, 3.05) is 33.7 Å². The standard InChI is InChI=1S/C15H25BrN4O/c1-4-5-15(6-7-17-11-15)14(21)13-12(16)10-18-20(13)9-8-19(2)3/h10,17H,4-9,11H2,1-3H3. The van der Waals surface area contributed by atoms with Gasteiger partial charge >= 0.3 is 0 Å². The van der Waals surface area contributed by atoms with Crippen LogP contribution in [0.25, 0.3) is 0 Å². The fourth-order valence-electron chi connectivity index (χ4n) is 3.05. The Bertz CT molecular complexity index is 492. The number of ketones is 1. The topological polar surface area (TPSA) is 50.2 Å². The van der Waals surface area contributed by atoms with E-state index in [0.717, 1.165) is 55.6 Å². The maximum absolute atomic E-state index is 13.2. The summed E-state index contributed by atoms with van der Waals surface area (Å²) in [7, 11) is 4.05. The smallest absolute Gasteiger partial charge is 0.189 e. The normalized spacial score (nSPS) is 22.1. The van der Waals surface area contributed by atoms with Crippen molar-refractivity contribution >= 4 is 21.7 Å². The van der Waals surface area contributed by atoms with Crippen LogP contribution in [0.5, 0.6) is 0 Å². The third-order valence-electron chi connectivity index (χ3n) is 4.22. The molecule has 1 aliphatic heterocycles. The van der Waals surface area contributed by atoms with Crippen molar-refractivity contribution in [3.05, 3.63) is 16.4 Å². The first-order chi connectivity index (χ1) is 10.00. The zero-order valence-electron chi connectivity index (χ0n) is 13.2. The summed E-state index contributed by atoms with van der Waals surface area (Å²) in [5, 5.41) is 7.73. The molecule has 1 aromatic heterocycles. The maximum Gasteiger partial charge on any atom is 0.189 e. The highest BCUT2D eigenvalue weighted by Crippen LogP contribution is 2.36. The van der Waals surface area contributed by atoms with Crippen LogP contribution in [0, 0.1) is 5.41 Å². The second kappa shape index (κ2) is 7.03. The van der Waals surface area contributed by atoms with E-state index in [1.807, 2.05) is 18.8 Å². The van der Waals surface area contributed by atoms with Crippen LogP contribution in [0.4, 0.5) is 0 Å². The fraction of sp³-hybridized carbons (Fsp3) is 0.733. The average Bonchev–Trinajstić information content (AvgIpc) is 3.04. The van der Waals surface area contributed by atoms with Crippen LogP contribution in [-0.2, 0) is 6.54 Å². The number of hydrogen-bond donors (Lipinski definition) is 1. The molecule has 1 fully saturated rings. The number of aromatic nitrogens is 2. The van der Waals surface area contributed by atoms with Crippen molar-refractivity contribution < 1.29 is 4.79 Å². The van der Waals surface area contributed by atoms with Gasteiger partial charge in [0, 0.05) is 18.5 Å². The highest BCUT2D eigenvalue weighted by molar-refractivity contribution is 9.10. The largest absolute Gasteiger partial charge is 0.316 e. The van der Waals surface area contributed by atoms with E-state index in [4.69, 9.17) is 0 Å². The average molecular weight is 357 g/mol. The lowest BCUT2D eigenvalue weighted by Crippen LogP contribution is -2.35. The summed E-state index contributed by atoms with van der Waals surface area (Å²) in [6.45, 7) is 5.45. The molecule has 6 heteroatoms. The first-order valence-corrected chi connectivity index (χ1v) is 8.41. The molecule has 0 aromatic carbocycles. The Labute approximate surface area is 135 Å². The van der Waals surface area contributed by atoms with E-state index in [1.165, 1.54) is 0 Å². The Morgan fingerprint density at radius 3 is 2.90 bits per heavy atom. The fourth-order valence-corrected chi connectivity index (χ4v) is 3.52. The highest BCUT2D eigenvalue weighted by Gasteiger charge is 2.42. The van der Waals surface area contributed by atoms with Gasteiger partial charge in [0.15, 0.2) is 5.78 Å². The number of likely N-dealkylation sites (N-methyl/N-ethyl adjacent to an activating group) is 1. The van der Waals surface area contributed by atoms with Crippen LogP contribution >= 0.6 is 15.9 Å².